The lowest BCUT2D eigenvalue weighted by Crippen LogP contribution is -2.24. The van der Waals surface area contributed by atoms with Crippen LogP contribution in [0.1, 0.15) is 16.1 Å². The van der Waals surface area contributed by atoms with Crippen molar-refractivity contribution in [3.8, 4) is 0 Å². The van der Waals surface area contributed by atoms with Crippen molar-refractivity contribution in [3.63, 3.8) is 0 Å². The van der Waals surface area contributed by atoms with Crippen LogP contribution in [0.5, 0.6) is 0 Å². The summed E-state index contributed by atoms with van der Waals surface area (Å²) in [7, 11) is -4.03. The minimum absolute atomic E-state index is 0.125. The summed E-state index contributed by atoms with van der Waals surface area (Å²) in [6.45, 7) is -0.125. The lowest BCUT2D eigenvalue weighted by atomic mass is 10.2. The first-order chi connectivity index (χ1) is 9.81. The number of nitrogens with one attached hydrogen (secondary N) is 1. The fourth-order valence-electron chi connectivity index (χ4n) is 1.47. The van der Waals surface area contributed by atoms with Crippen molar-refractivity contribution in [1.29, 1.82) is 0 Å². The van der Waals surface area contributed by atoms with Gasteiger partial charge in [-0.05, 0) is 12.1 Å². The quantitative estimate of drug-likeness (QED) is 0.854. The number of benzene rings is 1. The maximum atomic E-state index is 12.1. The van der Waals surface area contributed by atoms with E-state index in [2.05, 4.69) is 14.4 Å². The summed E-state index contributed by atoms with van der Waals surface area (Å²) in [6, 6.07) is 3.45. The van der Waals surface area contributed by atoms with Crippen molar-refractivity contribution in [2.75, 3.05) is 0 Å². The second-order valence-corrected chi connectivity index (χ2v) is 6.43. The SMILES string of the molecule is O=C(O)c1cc(S(=O)(=O)NCc2ccon2)c(Cl)cc1Cl. The zero-order valence-electron chi connectivity index (χ0n) is 10.2. The molecule has 0 aliphatic heterocycles. The molecule has 112 valence electrons. The van der Waals surface area contributed by atoms with E-state index in [0.717, 1.165) is 12.1 Å². The number of halogens is 2. The number of carbonyl (C=O) groups is 1. The van der Waals surface area contributed by atoms with Crippen LogP contribution in [-0.2, 0) is 16.6 Å². The van der Waals surface area contributed by atoms with Crippen LogP contribution < -0.4 is 4.72 Å². The number of hydrogen-bond donors (Lipinski definition) is 2. The molecule has 0 saturated carbocycles. The molecule has 1 aromatic carbocycles. The molecular weight excluding hydrogens is 343 g/mol. The third kappa shape index (κ3) is 3.53. The summed E-state index contributed by atoms with van der Waals surface area (Å²) in [5.74, 6) is -1.36. The van der Waals surface area contributed by atoms with Gasteiger partial charge in [-0.15, -0.1) is 0 Å². The monoisotopic (exact) mass is 350 g/mol. The van der Waals surface area contributed by atoms with Crippen molar-refractivity contribution in [2.45, 2.75) is 11.4 Å². The second-order valence-electron chi connectivity index (χ2n) is 3.88. The van der Waals surface area contributed by atoms with Crippen molar-refractivity contribution in [2.24, 2.45) is 0 Å². The van der Waals surface area contributed by atoms with E-state index in [1.165, 1.54) is 12.3 Å². The highest BCUT2D eigenvalue weighted by molar-refractivity contribution is 7.89. The fourth-order valence-corrected chi connectivity index (χ4v) is 3.33. The van der Waals surface area contributed by atoms with Crippen LogP contribution in [0.15, 0.2) is 33.9 Å². The van der Waals surface area contributed by atoms with Gasteiger partial charge in [-0.1, -0.05) is 28.4 Å². The van der Waals surface area contributed by atoms with Gasteiger partial charge in [-0.25, -0.2) is 17.9 Å². The van der Waals surface area contributed by atoms with Crippen LogP contribution in [0.3, 0.4) is 0 Å². The Morgan fingerprint density at radius 2 is 2.05 bits per heavy atom. The molecule has 1 aromatic heterocycles. The number of carboxylic acids is 1. The summed E-state index contributed by atoms with van der Waals surface area (Å²) in [6.07, 6.45) is 1.29. The molecule has 7 nitrogen and oxygen atoms in total. The van der Waals surface area contributed by atoms with Gasteiger partial charge in [0.2, 0.25) is 10.0 Å². The summed E-state index contributed by atoms with van der Waals surface area (Å²) >= 11 is 11.5. The van der Waals surface area contributed by atoms with Gasteiger partial charge in [0.1, 0.15) is 11.2 Å². The Balaban J connectivity index is 2.35. The molecule has 0 unspecified atom stereocenters. The summed E-state index contributed by atoms with van der Waals surface area (Å²) in [5, 5.41) is 12.2. The van der Waals surface area contributed by atoms with Crippen molar-refractivity contribution in [1.82, 2.24) is 9.88 Å². The average Bonchev–Trinajstić information content (AvgIpc) is 2.88. The van der Waals surface area contributed by atoms with E-state index >= 15 is 0 Å². The second kappa shape index (κ2) is 6.02. The minimum Gasteiger partial charge on any atom is -0.478 e. The van der Waals surface area contributed by atoms with Gasteiger partial charge >= 0.3 is 5.97 Å². The third-order valence-corrected chi connectivity index (χ3v) is 4.65. The van der Waals surface area contributed by atoms with Gasteiger partial charge in [0.15, 0.2) is 0 Å². The number of aromatic carboxylic acids is 1. The topological polar surface area (TPSA) is 110 Å². The van der Waals surface area contributed by atoms with E-state index < -0.39 is 16.0 Å². The normalized spacial score (nSPS) is 11.5. The Bertz CT molecular complexity index is 774. The first-order valence-electron chi connectivity index (χ1n) is 5.42. The van der Waals surface area contributed by atoms with E-state index in [4.69, 9.17) is 28.3 Å². The molecule has 0 saturated heterocycles. The molecule has 2 rings (SSSR count). The number of hydrogen-bond acceptors (Lipinski definition) is 5. The average molecular weight is 351 g/mol. The molecule has 0 amide bonds. The van der Waals surface area contributed by atoms with E-state index in [1.807, 2.05) is 0 Å². The minimum atomic E-state index is -4.03. The standard InChI is InChI=1S/C11H8Cl2N2O5S/c12-8-4-9(13)10(3-7(8)11(16)17)21(18,19)14-5-6-1-2-20-15-6/h1-4,14H,5H2,(H,16,17). The van der Waals surface area contributed by atoms with Crippen LogP contribution >= 0.6 is 23.2 Å². The molecule has 0 atom stereocenters. The third-order valence-electron chi connectivity index (χ3n) is 2.48. The Hall–Kier alpha value is -1.61. The molecular formula is C11H8Cl2N2O5S. The van der Waals surface area contributed by atoms with Crippen molar-refractivity contribution < 1.29 is 22.8 Å². The first kappa shape index (κ1) is 15.8. The Labute approximate surface area is 129 Å². The van der Waals surface area contributed by atoms with Gasteiger partial charge in [-0.3, -0.25) is 0 Å². The zero-order chi connectivity index (χ0) is 15.6. The molecule has 2 aromatic rings. The predicted octanol–water partition coefficient (Wildman–Crippen LogP) is 2.16. The van der Waals surface area contributed by atoms with E-state index in [9.17, 15) is 13.2 Å². The molecule has 2 N–H and O–H groups in total. The summed E-state index contributed by atoms with van der Waals surface area (Å²) in [5.41, 5.74) is 0.00463. The highest BCUT2D eigenvalue weighted by Gasteiger charge is 2.22. The van der Waals surface area contributed by atoms with E-state index in [-0.39, 0.29) is 27.0 Å². The molecule has 10 heteroatoms. The van der Waals surface area contributed by atoms with E-state index in [0.29, 0.717) is 5.69 Å². The van der Waals surface area contributed by atoms with Crippen molar-refractivity contribution >= 4 is 39.2 Å². The van der Waals surface area contributed by atoms with Crippen LogP contribution in [0.4, 0.5) is 0 Å². The summed E-state index contributed by atoms with van der Waals surface area (Å²) in [4.78, 5) is 10.6. The lowest BCUT2D eigenvalue weighted by molar-refractivity contribution is 0.0697. The number of aromatic nitrogens is 1. The van der Waals surface area contributed by atoms with Crippen LogP contribution in [0, 0.1) is 0 Å². The molecule has 0 fully saturated rings. The first-order valence-corrected chi connectivity index (χ1v) is 7.66. The maximum absolute atomic E-state index is 12.1. The molecule has 0 bridgehead atoms. The largest absolute Gasteiger partial charge is 0.478 e. The smallest absolute Gasteiger partial charge is 0.337 e. The number of nitrogens with zero attached hydrogens (tertiary/aromatic N) is 1. The Morgan fingerprint density at radius 1 is 1.33 bits per heavy atom. The van der Waals surface area contributed by atoms with Crippen molar-refractivity contribution in [3.05, 3.63) is 45.8 Å². The van der Waals surface area contributed by atoms with E-state index in [1.54, 1.807) is 0 Å². The molecule has 1 heterocycles. The highest BCUT2D eigenvalue weighted by atomic mass is 35.5. The molecule has 0 aliphatic rings. The van der Waals surface area contributed by atoms with Gasteiger partial charge in [0.05, 0.1) is 27.8 Å². The molecule has 0 spiro atoms. The highest BCUT2D eigenvalue weighted by Crippen LogP contribution is 2.28. The molecule has 21 heavy (non-hydrogen) atoms. The lowest BCUT2D eigenvalue weighted by Gasteiger charge is -2.09. The van der Waals surface area contributed by atoms with Gasteiger partial charge in [-0.2, -0.15) is 0 Å². The van der Waals surface area contributed by atoms with Crippen LogP contribution in [0.25, 0.3) is 0 Å². The maximum Gasteiger partial charge on any atom is 0.337 e. The van der Waals surface area contributed by atoms with Gasteiger partial charge in [0, 0.05) is 6.07 Å². The zero-order valence-corrected chi connectivity index (χ0v) is 12.5. The number of sulfonamides is 1. The van der Waals surface area contributed by atoms with Crippen LogP contribution in [0.2, 0.25) is 10.0 Å². The fraction of sp³-hybridized carbons (Fsp3) is 0.0909. The molecule has 0 aliphatic carbocycles. The number of rotatable bonds is 5. The number of carboxylic acid groups (broad SMARTS) is 1. The van der Waals surface area contributed by atoms with Gasteiger partial charge in [0.25, 0.3) is 0 Å². The summed E-state index contributed by atoms with van der Waals surface area (Å²) < 4.78 is 31.1. The Morgan fingerprint density at radius 3 is 2.62 bits per heavy atom. The molecule has 0 radical (unpaired) electrons. The Kier molecular flexibility index (Phi) is 4.52. The van der Waals surface area contributed by atoms with Gasteiger partial charge < -0.3 is 9.63 Å². The van der Waals surface area contributed by atoms with Crippen LogP contribution in [-0.4, -0.2) is 24.7 Å². The predicted molar refractivity (Wildman–Crippen MR) is 73.9 cm³/mol.